The Morgan fingerprint density at radius 1 is 1.79 bits per heavy atom. The second kappa shape index (κ2) is 4.43. The van der Waals surface area contributed by atoms with Gasteiger partial charge < -0.3 is 9.47 Å². The number of hydrogen-bond acceptors (Lipinski definition) is 5. The number of esters is 1. The number of ether oxygens (including phenoxy) is 2. The van der Waals surface area contributed by atoms with Gasteiger partial charge in [0.1, 0.15) is 5.76 Å². The Labute approximate surface area is 82.2 Å². The molecule has 0 aromatic carbocycles. The fourth-order valence-corrected chi connectivity index (χ4v) is 1.37. The zero-order valence-electron chi connectivity index (χ0n) is 8.12. The van der Waals surface area contributed by atoms with Gasteiger partial charge in [0.15, 0.2) is 0 Å². The van der Waals surface area contributed by atoms with Gasteiger partial charge in [-0.25, -0.2) is 9.68 Å². The smallest absolute Gasteiger partial charge is 0.349 e. The Balaban J connectivity index is 2.82. The van der Waals surface area contributed by atoms with E-state index in [1.807, 2.05) is 0 Å². The van der Waals surface area contributed by atoms with Crippen LogP contribution in [0.5, 0.6) is 0 Å². The molecule has 1 heterocycles. The summed E-state index contributed by atoms with van der Waals surface area (Å²) in [5.74, 6) is -0.558. The predicted octanol–water partition coefficient (Wildman–Crippen LogP) is 1.10. The van der Waals surface area contributed by atoms with E-state index in [4.69, 9.17) is 14.7 Å². The molecular formula is C9H14O5. The standard InChI is InChI=1S/C9H14O5/c1-3-12-8(10)9(14-11)5-4-6-13-7(9)2/h11H,2-6H2,1H3. The van der Waals surface area contributed by atoms with Crippen LogP contribution >= 0.6 is 0 Å². The lowest BCUT2D eigenvalue weighted by molar-refractivity contribution is -0.321. The first kappa shape index (κ1) is 11.0. The number of carbonyl (C=O) groups is 1. The van der Waals surface area contributed by atoms with Gasteiger partial charge in [-0.05, 0) is 13.3 Å². The largest absolute Gasteiger partial charge is 0.495 e. The van der Waals surface area contributed by atoms with Gasteiger partial charge in [-0.15, -0.1) is 0 Å². The van der Waals surface area contributed by atoms with Crippen LogP contribution in [0.1, 0.15) is 19.8 Å². The second-order valence-electron chi connectivity index (χ2n) is 3.01. The number of hydrogen-bond donors (Lipinski definition) is 1. The topological polar surface area (TPSA) is 65.0 Å². The minimum atomic E-state index is -1.53. The van der Waals surface area contributed by atoms with Crippen molar-refractivity contribution >= 4 is 5.97 Å². The zero-order chi connectivity index (χ0) is 10.6. The molecule has 0 bridgehead atoms. The predicted molar refractivity (Wildman–Crippen MR) is 47.4 cm³/mol. The summed E-state index contributed by atoms with van der Waals surface area (Å²) in [4.78, 5) is 15.7. The Hall–Kier alpha value is -1.07. The summed E-state index contributed by atoms with van der Waals surface area (Å²) in [5, 5.41) is 8.77. The third-order valence-electron chi connectivity index (χ3n) is 2.16. The van der Waals surface area contributed by atoms with E-state index >= 15 is 0 Å². The van der Waals surface area contributed by atoms with Crippen LogP contribution in [0.4, 0.5) is 0 Å². The quantitative estimate of drug-likeness (QED) is 0.422. The van der Waals surface area contributed by atoms with Gasteiger partial charge in [0.25, 0.3) is 5.60 Å². The van der Waals surface area contributed by atoms with Crippen molar-refractivity contribution in [1.29, 1.82) is 0 Å². The summed E-state index contributed by atoms with van der Waals surface area (Å²) in [7, 11) is 0. The SMILES string of the molecule is C=C1OCCCC1(OO)C(=O)OCC. The van der Waals surface area contributed by atoms with Crippen LogP contribution in [0.3, 0.4) is 0 Å². The number of rotatable bonds is 3. The van der Waals surface area contributed by atoms with Gasteiger partial charge in [0, 0.05) is 6.42 Å². The Kier molecular flexibility index (Phi) is 3.49. The van der Waals surface area contributed by atoms with E-state index in [1.54, 1.807) is 6.92 Å². The van der Waals surface area contributed by atoms with Gasteiger partial charge in [-0.1, -0.05) is 6.58 Å². The highest BCUT2D eigenvalue weighted by Crippen LogP contribution is 2.32. The summed E-state index contributed by atoms with van der Waals surface area (Å²) in [6.07, 6.45) is 0.930. The van der Waals surface area contributed by atoms with E-state index in [0.717, 1.165) is 0 Å². The molecule has 0 aromatic rings. The summed E-state index contributed by atoms with van der Waals surface area (Å²) in [6, 6.07) is 0. The lowest BCUT2D eigenvalue weighted by Crippen LogP contribution is -2.47. The van der Waals surface area contributed by atoms with Crippen LogP contribution in [0.2, 0.25) is 0 Å². The third kappa shape index (κ3) is 1.73. The molecule has 1 aliphatic heterocycles. The fourth-order valence-electron chi connectivity index (χ4n) is 1.37. The van der Waals surface area contributed by atoms with Crippen molar-refractivity contribution in [1.82, 2.24) is 0 Å². The van der Waals surface area contributed by atoms with Crippen LogP contribution in [0.15, 0.2) is 12.3 Å². The van der Waals surface area contributed by atoms with Crippen molar-refractivity contribution in [3.8, 4) is 0 Å². The molecular weight excluding hydrogens is 188 g/mol. The molecule has 1 unspecified atom stereocenters. The lowest BCUT2D eigenvalue weighted by atomic mass is 9.94. The van der Waals surface area contributed by atoms with Crippen molar-refractivity contribution in [2.24, 2.45) is 0 Å². The molecule has 0 amide bonds. The molecule has 1 atom stereocenters. The Morgan fingerprint density at radius 2 is 2.50 bits per heavy atom. The van der Waals surface area contributed by atoms with E-state index in [9.17, 15) is 4.79 Å². The minimum Gasteiger partial charge on any atom is -0.495 e. The first-order valence-electron chi connectivity index (χ1n) is 4.49. The number of carbonyl (C=O) groups excluding carboxylic acids is 1. The van der Waals surface area contributed by atoms with Crippen molar-refractivity contribution < 1.29 is 24.4 Å². The maximum Gasteiger partial charge on any atom is 0.349 e. The van der Waals surface area contributed by atoms with Gasteiger partial charge in [0.2, 0.25) is 0 Å². The molecule has 0 aliphatic carbocycles. The molecule has 5 nitrogen and oxygen atoms in total. The second-order valence-corrected chi connectivity index (χ2v) is 3.01. The molecule has 1 fully saturated rings. The molecule has 1 aliphatic rings. The van der Waals surface area contributed by atoms with Crippen molar-refractivity contribution in [3.63, 3.8) is 0 Å². The van der Waals surface area contributed by atoms with E-state index in [2.05, 4.69) is 11.5 Å². The van der Waals surface area contributed by atoms with Gasteiger partial charge in [-0.2, -0.15) is 0 Å². The molecule has 5 heteroatoms. The average Bonchev–Trinajstić information content (AvgIpc) is 2.19. The molecule has 80 valence electrons. The van der Waals surface area contributed by atoms with Crippen LogP contribution in [0, 0.1) is 0 Å². The molecule has 0 radical (unpaired) electrons. The zero-order valence-corrected chi connectivity index (χ0v) is 8.12. The van der Waals surface area contributed by atoms with Crippen LogP contribution in [-0.2, 0) is 19.2 Å². The Bertz CT molecular complexity index is 237. The van der Waals surface area contributed by atoms with Crippen molar-refractivity contribution in [3.05, 3.63) is 12.3 Å². The third-order valence-corrected chi connectivity index (χ3v) is 2.16. The maximum atomic E-state index is 11.5. The summed E-state index contributed by atoms with van der Waals surface area (Å²) >= 11 is 0. The Morgan fingerprint density at radius 3 is 3.00 bits per heavy atom. The van der Waals surface area contributed by atoms with E-state index < -0.39 is 11.6 Å². The van der Waals surface area contributed by atoms with E-state index in [-0.39, 0.29) is 12.4 Å². The molecule has 1 saturated heterocycles. The van der Waals surface area contributed by atoms with Crippen LogP contribution in [-0.4, -0.2) is 30.0 Å². The monoisotopic (exact) mass is 202 g/mol. The summed E-state index contributed by atoms with van der Waals surface area (Å²) < 4.78 is 9.85. The molecule has 0 saturated carbocycles. The van der Waals surface area contributed by atoms with Gasteiger partial charge in [0.05, 0.1) is 13.2 Å². The fraction of sp³-hybridized carbons (Fsp3) is 0.667. The van der Waals surface area contributed by atoms with E-state index in [1.165, 1.54) is 0 Å². The average molecular weight is 202 g/mol. The highest BCUT2D eigenvalue weighted by molar-refractivity contribution is 5.83. The first-order valence-corrected chi connectivity index (χ1v) is 4.49. The van der Waals surface area contributed by atoms with Gasteiger partial charge in [-0.3, -0.25) is 5.26 Å². The normalized spacial score (nSPS) is 26.9. The van der Waals surface area contributed by atoms with Crippen LogP contribution < -0.4 is 0 Å². The lowest BCUT2D eigenvalue weighted by Gasteiger charge is -2.32. The molecule has 0 spiro atoms. The highest BCUT2D eigenvalue weighted by Gasteiger charge is 2.48. The van der Waals surface area contributed by atoms with Crippen molar-refractivity contribution in [2.45, 2.75) is 25.4 Å². The van der Waals surface area contributed by atoms with Crippen molar-refractivity contribution in [2.75, 3.05) is 13.2 Å². The summed E-state index contributed by atoms with van der Waals surface area (Å²) in [5.41, 5.74) is -1.53. The maximum absolute atomic E-state index is 11.5. The van der Waals surface area contributed by atoms with Crippen LogP contribution in [0.25, 0.3) is 0 Å². The molecule has 1 N–H and O–H groups in total. The van der Waals surface area contributed by atoms with Gasteiger partial charge >= 0.3 is 5.97 Å². The molecule has 0 aromatic heterocycles. The highest BCUT2D eigenvalue weighted by atomic mass is 17.1. The summed E-state index contributed by atoms with van der Waals surface area (Å²) in [6.45, 7) is 5.90. The minimum absolute atomic E-state index is 0.102. The molecule has 14 heavy (non-hydrogen) atoms. The first-order chi connectivity index (χ1) is 6.67. The molecule has 1 rings (SSSR count). The van der Waals surface area contributed by atoms with E-state index in [0.29, 0.717) is 19.4 Å².